The van der Waals surface area contributed by atoms with Gasteiger partial charge < -0.3 is 10.2 Å². The van der Waals surface area contributed by atoms with Crippen LogP contribution < -0.4 is 5.32 Å². The fourth-order valence-corrected chi connectivity index (χ4v) is 5.10. The van der Waals surface area contributed by atoms with Crippen LogP contribution in [0.25, 0.3) is 21.3 Å². The number of aromatic nitrogens is 2. The summed E-state index contributed by atoms with van der Waals surface area (Å²) in [5, 5.41) is 13.5. The minimum absolute atomic E-state index is 0.0599. The Morgan fingerprint density at radius 1 is 1.36 bits per heavy atom. The second kappa shape index (κ2) is 5.68. The normalized spacial score (nSPS) is 25.7. The number of benzene rings is 1. The molecule has 1 amide bonds. The molecule has 1 aliphatic heterocycles. The van der Waals surface area contributed by atoms with E-state index in [1.54, 1.807) is 11.3 Å². The zero-order valence-corrected chi connectivity index (χ0v) is 14.8. The molecule has 0 radical (unpaired) electrons. The van der Waals surface area contributed by atoms with Crippen LogP contribution in [0.3, 0.4) is 0 Å². The fraction of sp³-hybridized carbons (Fsp3) is 0.368. The standard InChI is InChI=1S/C19H20N4OS/c1-23-10-12-7-13(23)9-15(12)20-19(24)18-14-5-4-11(8-16(14)21-22-18)17-3-2-6-25-17/h2-6,8,12-13,15H,7,9-10H2,1H3,(H,20,24)(H,21,22). The molecular formula is C19H20N4OS. The van der Waals surface area contributed by atoms with E-state index < -0.39 is 0 Å². The van der Waals surface area contributed by atoms with Crippen LogP contribution in [0.4, 0.5) is 0 Å². The number of aromatic amines is 1. The van der Waals surface area contributed by atoms with Gasteiger partial charge in [-0.2, -0.15) is 5.10 Å². The molecule has 3 unspecified atom stereocenters. The second-order valence-corrected chi connectivity index (χ2v) is 8.16. The summed E-state index contributed by atoms with van der Waals surface area (Å²) in [5.41, 5.74) is 2.56. The van der Waals surface area contributed by atoms with Crippen LogP contribution in [0.15, 0.2) is 35.7 Å². The second-order valence-electron chi connectivity index (χ2n) is 7.21. The minimum atomic E-state index is -0.0599. The summed E-state index contributed by atoms with van der Waals surface area (Å²) in [5.74, 6) is 0.518. The first-order valence-corrected chi connectivity index (χ1v) is 9.60. The maximum absolute atomic E-state index is 12.7. The molecule has 1 aromatic carbocycles. The molecule has 1 saturated heterocycles. The molecule has 128 valence electrons. The number of H-pyrrole nitrogens is 1. The molecule has 6 heteroatoms. The Labute approximate surface area is 150 Å². The summed E-state index contributed by atoms with van der Waals surface area (Å²) < 4.78 is 0. The van der Waals surface area contributed by atoms with Crippen LogP contribution in [-0.2, 0) is 0 Å². The molecule has 2 aromatic heterocycles. The van der Waals surface area contributed by atoms with Gasteiger partial charge in [0, 0.05) is 28.9 Å². The van der Waals surface area contributed by atoms with Crippen molar-refractivity contribution in [1.29, 1.82) is 0 Å². The lowest BCUT2D eigenvalue weighted by Crippen LogP contribution is -2.44. The Morgan fingerprint density at radius 3 is 3.00 bits per heavy atom. The third kappa shape index (κ3) is 2.48. The van der Waals surface area contributed by atoms with Crippen LogP contribution in [0.2, 0.25) is 0 Å². The number of nitrogens with one attached hydrogen (secondary N) is 2. The highest BCUT2D eigenvalue weighted by atomic mass is 32.1. The number of thiophene rings is 1. The number of carbonyl (C=O) groups is 1. The minimum Gasteiger partial charge on any atom is -0.348 e. The van der Waals surface area contributed by atoms with Gasteiger partial charge >= 0.3 is 0 Å². The van der Waals surface area contributed by atoms with Crippen molar-refractivity contribution in [3.63, 3.8) is 0 Å². The van der Waals surface area contributed by atoms with E-state index >= 15 is 0 Å². The van der Waals surface area contributed by atoms with Gasteiger partial charge in [0.2, 0.25) is 0 Å². The third-order valence-electron chi connectivity index (χ3n) is 5.72. The maximum Gasteiger partial charge on any atom is 0.272 e. The van der Waals surface area contributed by atoms with Crippen LogP contribution in [0.1, 0.15) is 23.3 Å². The van der Waals surface area contributed by atoms with Crippen molar-refractivity contribution in [3.05, 3.63) is 41.4 Å². The van der Waals surface area contributed by atoms with E-state index in [1.807, 2.05) is 12.1 Å². The number of hydrogen-bond acceptors (Lipinski definition) is 4. The smallest absolute Gasteiger partial charge is 0.272 e. The zero-order valence-electron chi connectivity index (χ0n) is 14.0. The summed E-state index contributed by atoms with van der Waals surface area (Å²) in [4.78, 5) is 16.4. The molecule has 5 nitrogen and oxygen atoms in total. The van der Waals surface area contributed by atoms with Gasteiger partial charge in [0.25, 0.3) is 5.91 Å². The number of rotatable bonds is 3. The molecule has 2 fully saturated rings. The van der Waals surface area contributed by atoms with Gasteiger partial charge in [0.1, 0.15) is 0 Å². The number of hydrogen-bond donors (Lipinski definition) is 2. The SMILES string of the molecule is CN1CC2CC1CC2NC(=O)c1n[nH]c2cc(-c3cccs3)ccc12. The Kier molecular flexibility index (Phi) is 3.43. The van der Waals surface area contributed by atoms with Crippen LogP contribution in [0.5, 0.6) is 0 Å². The quantitative estimate of drug-likeness (QED) is 0.761. The Hall–Kier alpha value is -2.18. The molecule has 3 heterocycles. The summed E-state index contributed by atoms with van der Waals surface area (Å²) in [6.45, 7) is 1.08. The van der Waals surface area contributed by atoms with E-state index in [-0.39, 0.29) is 11.9 Å². The first-order valence-electron chi connectivity index (χ1n) is 8.72. The molecule has 0 spiro atoms. The topological polar surface area (TPSA) is 61.0 Å². The Balaban J connectivity index is 1.39. The van der Waals surface area contributed by atoms with E-state index in [0.717, 1.165) is 29.4 Å². The lowest BCUT2D eigenvalue weighted by molar-refractivity contribution is 0.0909. The fourth-order valence-electron chi connectivity index (χ4n) is 4.38. The van der Waals surface area contributed by atoms with E-state index in [4.69, 9.17) is 0 Å². The molecule has 1 aliphatic carbocycles. The number of likely N-dealkylation sites (tertiary alicyclic amines) is 1. The first kappa shape index (κ1) is 15.1. The molecule has 1 saturated carbocycles. The Bertz CT molecular complexity index is 930. The lowest BCUT2D eigenvalue weighted by atomic mass is 10.0. The van der Waals surface area contributed by atoms with Crippen molar-refractivity contribution < 1.29 is 4.79 Å². The average Bonchev–Trinajstić information content (AvgIpc) is 3.37. The Morgan fingerprint density at radius 2 is 2.28 bits per heavy atom. The van der Waals surface area contributed by atoms with E-state index in [1.165, 1.54) is 11.3 Å². The van der Waals surface area contributed by atoms with Crippen molar-refractivity contribution in [3.8, 4) is 10.4 Å². The number of piperidine rings is 1. The predicted molar refractivity (Wildman–Crippen MR) is 99.8 cm³/mol. The van der Waals surface area contributed by atoms with Gasteiger partial charge in [-0.05, 0) is 54.9 Å². The van der Waals surface area contributed by atoms with Gasteiger partial charge in [-0.15, -0.1) is 11.3 Å². The largest absolute Gasteiger partial charge is 0.348 e. The van der Waals surface area contributed by atoms with E-state index in [0.29, 0.717) is 17.7 Å². The molecule has 2 aliphatic rings. The average molecular weight is 352 g/mol. The van der Waals surface area contributed by atoms with Crippen molar-refractivity contribution in [2.45, 2.75) is 24.9 Å². The van der Waals surface area contributed by atoms with Crippen LogP contribution >= 0.6 is 11.3 Å². The van der Waals surface area contributed by atoms with Gasteiger partial charge in [-0.25, -0.2) is 0 Å². The van der Waals surface area contributed by atoms with Crippen molar-refractivity contribution in [2.24, 2.45) is 5.92 Å². The van der Waals surface area contributed by atoms with Gasteiger partial charge in [0.05, 0.1) is 5.52 Å². The monoisotopic (exact) mass is 352 g/mol. The van der Waals surface area contributed by atoms with Gasteiger partial charge in [0.15, 0.2) is 5.69 Å². The number of fused-ring (bicyclic) bond motifs is 3. The third-order valence-corrected chi connectivity index (χ3v) is 6.63. The lowest BCUT2D eigenvalue weighted by Gasteiger charge is -2.28. The number of carbonyl (C=O) groups excluding carboxylic acids is 1. The van der Waals surface area contributed by atoms with Crippen molar-refractivity contribution >= 4 is 28.1 Å². The highest BCUT2D eigenvalue weighted by Gasteiger charge is 2.43. The van der Waals surface area contributed by atoms with E-state index in [2.05, 4.69) is 51.0 Å². The van der Waals surface area contributed by atoms with E-state index in [9.17, 15) is 4.79 Å². The molecule has 5 rings (SSSR count). The summed E-state index contributed by atoms with van der Waals surface area (Å²) in [7, 11) is 2.18. The molecule has 25 heavy (non-hydrogen) atoms. The zero-order chi connectivity index (χ0) is 17.0. The molecule has 2 bridgehead atoms. The van der Waals surface area contributed by atoms with Gasteiger partial charge in [-0.3, -0.25) is 9.89 Å². The first-order chi connectivity index (χ1) is 12.2. The highest BCUT2D eigenvalue weighted by molar-refractivity contribution is 7.13. The molecule has 3 atom stereocenters. The van der Waals surface area contributed by atoms with Crippen LogP contribution in [-0.4, -0.2) is 46.7 Å². The van der Waals surface area contributed by atoms with Crippen LogP contribution in [0, 0.1) is 5.92 Å². The van der Waals surface area contributed by atoms with Crippen molar-refractivity contribution in [1.82, 2.24) is 20.4 Å². The van der Waals surface area contributed by atoms with Crippen molar-refractivity contribution in [2.75, 3.05) is 13.6 Å². The summed E-state index contributed by atoms with van der Waals surface area (Å²) >= 11 is 1.71. The summed E-state index contributed by atoms with van der Waals surface area (Å²) in [6, 6.07) is 11.2. The highest BCUT2D eigenvalue weighted by Crippen LogP contribution is 2.37. The summed E-state index contributed by atoms with van der Waals surface area (Å²) in [6.07, 6.45) is 2.25. The predicted octanol–water partition coefficient (Wildman–Crippen LogP) is 3.11. The molecule has 3 aromatic rings. The molecular weight excluding hydrogens is 332 g/mol. The van der Waals surface area contributed by atoms with Gasteiger partial charge in [-0.1, -0.05) is 12.1 Å². The maximum atomic E-state index is 12.7. The molecule has 2 N–H and O–H groups in total. The number of nitrogens with zero attached hydrogens (tertiary/aromatic N) is 2. The number of amides is 1.